The zero-order valence-corrected chi connectivity index (χ0v) is 17.3. The highest BCUT2D eigenvalue weighted by molar-refractivity contribution is 9.10. The molecule has 5 rings (SSSR count). The summed E-state index contributed by atoms with van der Waals surface area (Å²) in [6, 6.07) is 17.7. The number of furan rings is 1. The van der Waals surface area contributed by atoms with Gasteiger partial charge in [-0.2, -0.15) is 5.26 Å². The van der Waals surface area contributed by atoms with E-state index in [9.17, 15) is 5.26 Å². The summed E-state index contributed by atoms with van der Waals surface area (Å²) in [6.45, 7) is 0. The van der Waals surface area contributed by atoms with Crippen LogP contribution in [0.25, 0.3) is 21.9 Å². The number of aromatic amines is 1. The number of fused-ring (bicyclic) bond motifs is 1. The van der Waals surface area contributed by atoms with Crippen molar-refractivity contribution >= 4 is 33.2 Å². The summed E-state index contributed by atoms with van der Waals surface area (Å²) in [7, 11) is 0. The average Bonchev–Trinajstić information content (AvgIpc) is 3.47. The average molecular weight is 465 g/mol. The third kappa shape index (κ3) is 2.99. The summed E-state index contributed by atoms with van der Waals surface area (Å²) in [4.78, 5) is 0.983. The maximum absolute atomic E-state index is 9.79. The van der Waals surface area contributed by atoms with Crippen LogP contribution in [0.3, 0.4) is 0 Å². The van der Waals surface area contributed by atoms with Gasteiger partial charge < -0.3 is 9.15 Å². The standard InChI is InChI=1S/C21H13BrN4O2S/c22-12-5-3-11(4-6-12)14-7-8-15(27-14)17-13(10-23)20(24)28-21-18(17)19(25-26-21)16-2-1-9-29-16/h1-9,13,17,24H,(H,25,26). The van der Waals surface area contributed by atoms with Gasteiger partial charge in [-0.25, -0.2) is 0 Å². The third-order valence-electron chi connectivity index (χ3n) is 4.87. The van der Waals surface area contributed by atoms with Crippen LogP contribution in [-0.4, -0.2) is 16.1 Å². The van der Waals surface area contributed by atoms with Gasteiger partial charge in [0, 0.05) is 10.0 Å². The Bertz CT molecular complexity index is 1230. The number of thiophene rings is 1. The van der Waals surface area contributed by atoms with E-state index in [1.54, 1.807) is 11.3 Å². The first kappa shape index (κ1) is 17.9. The normalized spacial score (nSPS) is 18.1. The van der Waals surface area contributed by atoms with Crippen molar-refractivity contribution in [2.45, 2.75) is 5.92 Å². The van der Waals surface area contributed by atoms with Crippen LogP contribution in [0.2, 0.25) is 0 Å². The first-order valence-corrected chi connectivity index (χ1v) is 10.5. The van der Waals surface area contributed by atoms with Crippen LogP contribution in [0.15, 0.2) is 62.8 Å². The minimum absolute atomic E-state index is 0.129. The van der Waals surface area contributed by atoms with Crippen LogP contribution in [0.1, 0.15) is 17.2 Å². The van der Waals surface area contributed by atoms with E-state index >= 15 is 0 Å². The van der Waals surface area contributed by atoms with Gasteiger partial charge in [-0.3, -0.25) is 10.5 Å². The fourth-order valence-electron chi connectivity index (χ4n) is 3.52. The maximum Gasteiger partial charge on any atom is 0.244 e. The highest BCUT2D eigenvalue weighted by atomic mass is 79.9. The topological polar surface area (TPSA) is 98.7 Å². The quantitative estimate of drug-likeness (QED) is 0.399. The Hall–Kier alpha value is -3.15. The molecule has 2 atom stereocenters. The Kier molecular flexibility index (Phi) is 4.34. The second-order valence-corrected chi connectivity index (χ2v) is 8.42. The molecular formula is C21H13BrN4O2S. The van der Waals surface area contributed by atoms with Crippen LogP contribution in [-0.2, 0) is 0 Å². The summed E-state index contributed by atoms with van der Waals surface area (Å²) in [5.41, 5.74) is 2.46. The number of H-pyrrole nitrogens is 1. The van der Waals surface area contributed by atoms with E-state index in [4.69, 9.17) is 14.6 Å². The molecular weight excluding hydrogens is 452 g/mol. The van der Waals surface area contributed by atoms with Crippen molar-refractivity contribution in [3.63, 3.8) is 0 Å². The lowest BCUT2D eigenvalue weighted by molar-refractivity contribution is 0.403. The molecule has 0 radical (unpaired) electrons. The van der Waals surface area contributed by atoms with Gasteiger partial charge in [-0.1, -0.05) is 34.1 Å². The highest BCUT2D eigenvalue weighted by Gasteiger charge is 2.42. The molecule has 4 heterocycles. The molecule has 1 aliphatic rings. The Morgan fingerprint density at radius 1 is 1.17 bits per heavy atom. The number of ether oxygens (including phenoxy) is 1. The van der Waals surface area contributed by atoms with Gasteiger partial charge in [0.1, 0.15) is 17.4 Å². The Balaban J connectivity index is 1.64. The van der Waals surface area contributed by atoms with Gasteiger partial charge in [0.05, 0.1) is 28.1 Å². The first-order chi connectivity index (χ1) is 14.2. The summed E-state index contributed by atoms with van der Waals surface area (Å²) in [5.74, 6) is 0.194. The molecule has 2 N–H and O–H groups in total. The second kappa shape index (κ2) is 7.03. The van der Waals surface area contributed by atoms with Crippen molar-refractivity contribution in [2.75, 3.05) is 0 Å². The number of nitrogens with one attached hydrogen (secondary N) is 2. The Labute approximate surface area is 178 Å². The fraction of sp³-hybridized carbons (Fsp3) is 0.0952. The molecule has 0 spiro atoms. The number of nitrogens with zero attached hydrogens (tertiary/aromatic N) is 2. The smallest absolute Gasteiger partial charge is 0.244 e. The largest absolute Gasteiger partial charge is 0.460 e. The van der Waals surface area contributed by atoms with Crippen LogP contribution >= 0.6 is 27.3 Å². The van der Waals surface area contributed by atoms with Gasteiger partial charge in [0.25, 0.3) is 0 Å². The van der Waals surface area contributed by atoms with Crippen molar-refractivity contribution in [2.24, 2.45) is 5.92 Å². The van der Waals surface area contributed by atoms with E-state index in [1.807, 2.05) is 53.9 Å². The molecule has 4 aromatic rings. The molecule has 2 unspecified atom stereocenters. The summed E-state index contributed by atoms with van der Waals surface area (Å²) in [6.07, 6.45) is 0. The Morgan fingerprint density at radius 3 is 2.72 bits per heavy atom. The van der Waals surface area contributed by atoms with E-state index in [2.05, 4.69) is 32.2 Å². The molecule has 142 valence electrons. The molecule has 0 aliphatic carbocycles. The number of hydrogen-bond acceptors (Lipinski definition) is 6. The van der Waals surface area contributed by atoms with Gasteiger partial charge >= 0.3 is 0 Å². The van der Waals surface area contributed by atoms with Gasteiger partial charge in [0.15, 0.2) is 0 Å². The number of benzene rings is 1. The summed E-state index contributed by atoms with van der Waals surface area (Å²) < 4.78 is 12.7. The van der Waals surface area contributed by atoms with E-state index in [0.29, 0.717) is 17.4 Å². The molecule has 0 bridgehead atoms. The summed E-state index contributed by atoms with van der Waals surface area (Å²) >= 11 is 5.00. The molecule has 0 amide bonds. The van der Waals surface area contributed by atoms with Gasteiger partial charge in [0.2, 0.25) is 11.8 Å². The van der Waals surface area contributed by atoms with E-state index < -0.39 is 11.8 Å². The maximum atomic E-state index is 9.79. The SMILES string of the molecule is N#CC1C(=N)Oc2n[nH]c(-c3cccs3)c2C1c1ccc(-c2ccc(Br)cc2)o1. The zero-order chi connectivity index (χ0) is 20.0. The molecule has 8 heteroatoms. The van der Waals surface area contributed by atoms with E-state index in [1.165, 1.54) is 0 Å². The lowest BCUT2D eigenvalue weighted by Crippen LogP contribution is -2.30. The van der Waals surface area contributed by atoms with Gasteiger partial charge in [-0.15, -0.1) is 16.4 Å². The zero-order valence-electron chi connectivity index (χ0n) is 14.8. The number of hydrogen-bond donors (Lipinski definition) is 2. The van der Waals surface area contributed by atoms with Crippen molar-refractivity contribution in [1.29, 1.82) is 10.7 Å². The third-order valence-corrected chi connectivity index (χ3v) is 6.29. The number of aromatic nitrogens is 2. The Morgan fingerprint density at radius 2 is 2.00 bits per heavy atom. The molecule has 29 heavy (non-hydrogen) atoms. The number of halogens is 1. The van der Waals surface area contributed by atoms with E-state index in [-0.39, 0.29) is 5.90 Å². The first-order valence-electron chi connectivity index (χ1n) is 8.79. The van der Waals surface area contributed by atoms with Crippen molar-refractivity contribution in [3.05, 3.63) is 69.7 Å². The van der Waals surface area contributed by atoms with Crippen LogP contribution < -0.4 is 4.74 Å². The molecule has 6 nitrogen and oxygen atoms in total. The van der Waals surface area contributed by atoms with Crippen molar-refractivity contribution < 1.29 is 9.15 Å². The molecule has 3 aromatic heterocycles. The predicted molar refractivity (Wildman–Crippen MR) is 113 cm³/mol. The second-order valence-electron chi connectivity index (χ2n) is 6.55. The molecule has 0 saturated carbocycles. The monoisotopic (exact) mass is 464 g/mol. The molecule has 1 aromatic carbocycles. The van der Waals surface area contributed by atoms with Crippen molar-refractivity contribution in [3.8, 4) is 33.8 Å². The molecule has 0 fully saturated rings. The summed E-state index contributed by atoms with van der Waals surface area (Å²) in [5, 5.41) is 27.2. The number of nitriles is 1. The van der Waals surface area contributed by atoms with Crippen LogP contribution in [0.5, 0.6) is 5.88 Å². The lowest BCUT2D eigenvalue weighted by atomic mass is 9.82. The van der Waals surface area contributed by atoms with Gasteiger partial charge in [-0.05, 0) is 35.7 Å². The van der Waals surface area contributed by atoms with Crippen LogP contribution in [0, 0.1) is 22.7 Å². The predicted octanol–water partition coefficient (Wildman–Crippen LogP) is 5.80. The van der Waals surface area contributed by atoms with Crippen LogP contribution in [0.4, 0.5) is 0 Å². The molecule has 0 saturated heterocycles. The lowest BCUT2D eigenvalue weighted by Gasteiger charge is -2.26. The van der Waals surface area contributed by atoms with E-state index in [0.717, 1.165) is 26.2 Å². The fourth-order valence-corrected chi connectivity index (χ4v) is 4.52. The number of rotatable bonds is 3. The minimum Gasteiger partial charge on any atom is -0.460 e. The molecule has 1 aliphatic heterocycles. The van der Waals surface area contributed by atoms with Crippen molar-refractivity contribution in [1.82, 2.24) is 10.2 Å². The minimum atomic E-state index is -0.803. The highest BCUT2D eigenvalue weighted by Crippen LogP contribution is 2.47.